The number of nitrogens with zero attached hydrogens (tertiary/aromatic N) is 3. The van der Waals surface area contributed by atoms with E-state index >= 15 is 0 Å². The van der Waals surface area contributed by atoms with Crippen molar-refractivity contribution in [3.05, 3.63) is 244 Å². The summed E-state index contributed by atoms with van der Waals surface area (Å²) < 4.78 is 0. The molecule has 2 aliphatic carbocycles. The van der Waals surface area contributed by atoms with Gasteiger partial charge in [0.15, 0.2) is 0 Å². The molecule has 9 aromatic rings. The Balaban J connectivity index is 1.09. The second kappa shape index (κ2) is 18.2. The van der Waals surface area contributed by atoms with E-state index in [1.807, 2.05) is 0 Å². The second-order valence-corrected chi connectivity index (χ2v) is 29.9. The van der Waals surface area contributed by atoms with E-state index < -0.39 is 0 Å². The zero-order valence-electron chi connectivity index (χ0n) is 51.7. The Labute approximate surface area is 496 Å². The number of rotatable bonds is 5. The van der Waals surface area contributed by atoms with Crippen LogP contribution in [-0.4, -0.2) is 12.3 Å². The topological polar surface area (TPSA) is 9.72 Å². The molecule has 5 aliphatic rings. The van der Waals surface area contributed by atoms with Crippen molar-refractivity contribution in [3.8, 4) is 11.1 Å². The van der Waals surface area contributed by atoms with Crippen molar-refractivity contribution >= 4 is 68.6 Å². The van der Waals surface area contributed by atoms with E-state index in [1.165, 1.54) is 123 Å². The predicted molar refractivity (Wildman–Crippen MR) is 355 cm³/mol. The van der Waals surface area contributed by atoms with Crippen molar-refractivity contribution in [1.82, 2.24) is 0 Å². The van der Waals surface area contributed by atoms with Crippen LogP contribution in [0.15, 0.2) is 194 Å². The van der Waals surface area contributed by atoms with Crippen LogP contribution in [0.2, 0.25) is 0 Å². The average Bonchev–Trinajstić information content (AvgIpc) is 1.87. The quantitative estimate of drug-likeness (QED) is 0.159. The van der Waals surface area contributed by atoms with Gasteiger partial charge in [0.05, 0.1) is 11.2 Å². The zero-order chi connectivity index (χ0) is 58.0. The van der Waals surface area contributed by atoms with Crippen LogP contribution in [-0.2, 0) is 45.3 Å². The minimum Gasteiger partial charge on any atom is -0.334 e. The molecule has 83 heavy (non-hydrogen) atoms. The van der Waals surface area contributed by atoms with Crippen LogP contribution in [0, 0.1) is 0 Å². The lowest BCUT2D eigenvalue weighted by atomic mass is 9.33. The van der Waals surface area contributed by atoms with Crippen LogP contribution in [0.5, 0.6) is 0 Å². The van der Waals surface area contributed by atoms with E-state index in [0.29, 0.717) is 0 Å². The van der Waals surface area contributed by atoms with Crippen LogP contribution in [0.1, 0.15) is 160 Å². The summed E-state index contributed by atoms with van der Waals surface area (Å²) in [6.07, 6.45) is 4.13. The molecule has 0 radical (unpaired) electrons. The maximum Gasteiger partial charge on any atom is 0.252 e. The summed E-state index contributed by atoms with van der Waals surface area (Å²) in [5, 5.41) is 0. The third kappa shape index (κ3) is 8.04. The minimum atomic E-state index is -0.354. The van der Waals surface area contributed by atoms with Gasteiger partial charge in [-0.25, -0.2) is 0 Å². The van der Waals surface area contributed by atoms with E-state index in [9.17, 15) is 0 Å². The Kier molecular flexibility index (Phi) is 11.7. The molecule has 0 spiro atoms. The Morgan fingerprint density at radius 2 is 0.928 bits per heavy atom. The fourth-order valence-electron chi connectivity index (χ4n) is 15.9. The van der Waals surface area contributed by atoms with Gasteiger partial charge in [-0.1, -0.05) is 223 Å². The molecule has 14 rings (SSSR count). The largest absolute Gasteiger partial charge is 0.334 e. The second-order valence-electron chi connectivity index (χ2n) is 29.9. The van der Waals surface area contributed by atoms with Crippen LogP contribution < -0.4 is 31.1 Å². The lowest BCUT2D eigenvalue weighted by Gasteiger charge is -2.53. The number of hydrogen-bond acceptors (Lipinski definition) is 3. The van der Waals surface area contributed by atoms with Crippen molar-refractivity contribution in [1.29, 1.82) is 0 Å². The van der Waals surface area contributed by atoms with E-state index in [0.717, 1.165) is 25.7 Å². The molecule has 9 aromatic carbocycles. The van der Waals surface area contributed by atoms with Gasteiger partial charge in [0.2, 0.25) is 0 Å². The first-order valence-electron chi connectivity index (χ1n) is 30.8. The summed E-state index contributed by atoms with van der Waals surface area (Å²) in [4.78, 5) is 8.18. The first-order chi connectivity index (χ1) is 39.4. The van der Waals surface area contributed by atoms with Crippen molar-refractivity contribution < 1.29 is 0 Å². The highest BCUT2D eigenvalue weighted by Crippen LogP contribution is 2.63. The van der Waals surface area contributed by atoms with Crippen molar-refractivity contribution in [3.63, 3.8) is 0 Å². The van der Waals surface area contributed by atoms with Crippen LogP contribution in [0.3, 0.4) is 0 Å². The first-order valence-corrected chi connectivity index (χ1v) is 30.8. The Morgan fingerprint density at radius 1 is 0.386 bits per heavy atom. The fraction of sp³-hybridized carbons (Fsp3) is 0.316. The highest BCUT2D eigenvalue weighted by atomic mass is 15.3. The average molecular weight is 1080 g/mol. The molecular formula is C79H82BN3. The molecule has 0 amide bonds. The Hall–Kier alpha value is -7.56. The maximum absolute atomic E-state index is 2.78. The normalized spacial score (nSPS) is 19.9. The highest BCUT2D eigenvalue weighted by Gasteiger charge is 2.62. The van der Waals surface area contributed by atoms with E-state index in [2.05, 4.69) is 306 Å². The number of para-hydroxylation sites is 1. The van der Waals surface area contributed by atoms with Gasteiger partial charge in [-0.2, -0.15) is 0 Å². The summed E-state index contributed by atoms with van der Waals surface area (Å²) in [5.74, 6) is 0. The van der Waals surface area contributed by atoms with Gasteiger partial charge in [-0.05, 0) is 192 Å². The molecule has 0 fully saturated rings. The summed E-state index contributed by atoms with van der Waals surface area (Å²) in [6, 6.07) is 76.5. The van der Waals surface area contributed by atoms with Crippen molar-refractivity contribution in [2.45, 2.75) is 161 Å². The molecule has 3 aliphatic heterocycles. The fourth-order valence-corrected chi connectivity index (χ4v) is 15.9. The Morgan fingerprint density at radius 3 is 1.58 bits per heavy atom. The molecule has 0 aromatic heterocycles. The van der Waals surface area contributed by atoms with Crippen LogP contribution >= 0.6 is 0 Å². The molecule has 0 bridgehead atoms. The predicted octanol–water partition coefficient (Wildman–Crippen LogP) is 18.7. The molecule has 3 heterocycles. The number of benzene rings is 9. The van der Waals surface area contributed by atoms with Gasteiger partial charge in [-0.3, -0.25) is 0 Å². The number of anilines is 8. The molecule has 416 valence electrons. The summed E-state index contributed by atoms with van der Waals surface area (Å²) in [7, 11) is 0. The number of fused-ring (bicyclic) bond motifs is 9. The van der Waals surface area contributed by atoms with Gasteiger partial charge in [-0.15, -0.1) is 0 Å². The summed E-state index contributed by atoms with van der Waals surface area (Å²) in [6.45, 7) is 33.7. The lowest BCUT2D eigenvalue weighted by molar-refractivity contribution is 0.281. The van der Waals surface area contributed by atoms with E-state index in [-0.39, 0.29) is 44.7 Å². The Bertz CT molecular complexity index is 4070. The first kappa shape index (κ1) is 53.5. The van der Waals surface area contributed by atoms with Crippen molar-refractivity contribution in [2.24, 2.45) is 0 Å². The smallest absolute Gasteiger partial charge is 0.252 e. The maximum atomic E-state index is 2.78. The molecule has 0 N–H and O–H groups in total. The monoisotopic (exact) mass is 1080 g/mol. The third-order valence-corrected chi connectivity index (χ3v) is 20.7. The molecule has 4 heteroatoms. The van der Waals surface area contributed by atoms with E-state index in [4.69, 9.17) is 0 Å². The SMILES string of the molecule is CC(C)(C)c1ccc(N2c3cc(N4c5ccccc5C5(c6ccccc6)Cc6ccccc6CC45C)ccc3B3c4cc5c(cc4N(c4ccc(C(C)(C)C)cc4-c4ccccc4)c4cc(C(C)(C)C)cc2c43)C(C)(C)CCC5(C)C)cc1. The van der Waals surface area contributed by atoms with Crippen LogP contribution in [0.25, 0.3) is 11.1 Å². The highest BCUT2D eigenvalue weighted by molar-refractivity contribution is 7.00. The number of hydrogen-bond donors (Lipinski definition) is 0. The van der Waals surface area contributed by atoms with E-state index in [1.54, 1.807) is 0 Å². The summed E-state index contributed by atoms with van der Waals surface area (Å²) in [5.41, 5.74) is 28.2. The molecular weight excluding hydrogens is 1000 g/mol. The van der Waals surface area contributed by atoms with Crippen molar-refractivity contribution in [2.75, 3.05) is 14.7 Å². The molecule has 2 atom stereocenters. The molecule has 2 unspecified atom stereocenters. The molecule has 3 nitrogen and oxygen atoms in total. The van der Waals surface area contributed by atoms with Gasteiger partial charge < -0.3 is 14.7 Å². The minimum absolute atomic E-state index is 0.00187. The molecule has 0 saturated carbocycles. The van der Waals surface area contributed by atoms with Gasteiger partial charge in [0.25, 0.3) is 6.71 Å². The summed E-state index contributed by atoms with van der Waals surface area (Å²) >= 11 is 0. The third-order valence-electron chi connectivity index (χ3n) is 20.7. The van der Waals surface area contributed by atoms with Gasteiger partial charge >= 0.3 is 0 Å². The molecule has 0 saturated heterocycles. The zero-order valence-corrected chi connectivity index (χ0v) is 51.7. The van der Waals surface area contributed by atoms with Crippen LogP contribution in [0.4, 0.5) is 45.5 Å². The van der Waals surface area contributed by atoms with Gasteiger partial charge in [0.1, 0.15) is 0 Å². The standard InChI is InChI=1S/C79H82BN3/c1-73(2,3)54-33-36-58(37-34-54)81-68-46-59(83-67-32-24-23-31-61(67)79(55-29-19-16-20-30-55)50-53-28-22-21-27-52(53)49-78(79,83)14)38-39-64(68)80-65-47-62-63(77(12,13)42-41-76(62,10)11)48-69(65)82(71-45-57(75(7,8)9)44-70(81)72(71)80)66-40-35-56(74(4,5)6)43-60(66)51-25-17-15-18-26-51/h15-40,43-48H,41-42,49-50H2,1-14H3. The van der Waals surface area contributed by atoms with Gasteiger partial charge in [0, 0.05) is 50.8 Å². The lowest BCUT2D eigenvalue weighted by Crippen LogP contribution is -2.62.